The van der Waals surface area contributed by atoms with Gasteiger partial charge in [0.25, 0.3) is 0 Å². The minimum Gasteiger partial charge on any atom is -0.395 e. The summed E-state index contributed by atoms with van der Waals surface area (Å²) in [6.45, 7) is 4.79. The Bertz CT molecular complexity index is 314. The Kier molecular flexibility index (Phi) is 5.37. The van der Waals surface area contributed by atoms with Gasteiger partial charge in [-0.25, -0.2) is 0 Å². The van der Waals surface area contributed by atoms with Gasteiger partial charge in [-0.1, -0.05) is 0 Å². The van der Waals surface area contributed by atoms with E-state index in [2.05, 4.69) is 15.1 Å². The standard InChI is InChI=1S/C10H20N4O2/c1-9-11-12-10(13(9)2)8-14(4-6-15)5-7-16-3/h15H,4-8H2,1-3H3. The molecule has 0 amide bonds. The molecule has 0 aromatic carbocycles. The molecular formula is C10H20N4O2. The van der Waals surface area contributed by atoms with Gasteiger partial charge < -0.3 is 14.4 Å². The molecule has 0 radical (unpaired) electrons. The van der Waals surface area contributed by atoms with E-state index in [1.54, 1.807) is 7.11 Å². The molecule has 1 rings (SSSR count). The summed E-state index contributed by atoms with van der Waals surface area (Å²) < 4.78 is 6.98. The minimum absolute atomic E-state index is 0.139. The van der Waals surface area contributed by atoms with Crippen LogP contribution in [0, 0.1) is 6.92 Å². The quantitative estimate of drug-likeness (QED) is 0.685. The summed E-state index contributed by atoms with van der Waals surface area (Å²) in [6.07, 6.45) is 0. The molecule has 1 aromatic heterocycles. The Morgan fingerprint density at radius 1 is 1.38 bits per heavy atom. The molecule has 16 heavy (non-hydrogen) atoms. The van der Waals surface area contributed by atoms with Gasteiger partial charge in [0.2, 0.25) is 0 Å². The molecule has 0 aliphatic rings. The van der Waals surface area contributed by atoms with Crippen LogP contribution in [0.3, 0.4) is 0 Å². The van der Waals surface area contributed by atoms with E-state index < -0.39 is 0 Å². The lowest BCUT2D eigenvalue weighted by Gasteiger charge is -2.19. The van der Waals surface area contributed by atoms with Gasteiger partial charge in [0.15, 0.2) is 0 Å². The molecule has 0 aliphatic heterocycles. The van der Waals surface area contributed by atoms with Crippen molar-refractivity contribution < 1.29 is 9.84 Å². The highest BCUT2D eigenvalue weighted by molar-refractivity contribution is 4.92. The van der Waals surface area contributed by atoms with E-state index in [9.17, 15) is 0 Å². The number of rotatable bonds is 7. The second-order valence-corrected chi connectivity index (χ2v) is 3.72. The molecule has 0 aliphatic carbocycles. The number of hydrogen-bond donors (Lipinski definition) is 1. The number of nitrogens with zero attached hydrogens (tertiary/aromatic N) is 4. The fourth-order valence-corrected chi connectivity index (χ4v) is 1.42. The molecule has 0 saturated heterocycles. The zero-order chi connectivity index (χ0) is 12.0. The van der Waals surface area contributed by atoms with Crippen molar-refractivity contribution in [2.75, 3.05) is 33.4 Å². The Morgan fingerprint density at radius 3 is 2.62 bits per heavy atom. The maximum absolute atomic E-state index is 8.96. The average molecular weight is 228 g/mol. The van der Waals surface area contributed by atoms with Crippen molar-refractivity contribution in [3.05, 3.63) is 11.6 Å². The number of aliphatic hydroxyl groups excluding tert-OH is 1. The highest BCUT2D eigenvalue weighted by Gasteiger charge is 2.10. The summed E-state index contributed by atoms with van der Waals surface area (Å²) >= 11 is 0. The number of aliphatic hydroxyl groups is 1. The fraction of sp³-hybridized carbons (Fsp3) is 0.800. The van der Waals surface area contributed by atoms with Crippen molar-refractivity contribution in [1.29, 1.82) is 0 Å². The Balaban J connectivity index is 2.56. The monoisotopic (exact) mass is 228 g/mol. The molecule has 0 unspecified atom stereocenters. The lowest BCUT2D eigenvalue weighted by Crippen LogP contribution is -2.31. The van der Waals surface area contributed by atoms with Gasteiger partial charge >= 0.3 is 0 Å². The van der Waals surface area contributed by atoms with Crippen LogP contribution < -0.4 is 0 Å². The maximum atomic E-state index is 8.96. The number of ether oxygens (including phenoxy) is 1. The Hall–Kier alpha value is -0.980. The van der Waals surface area contributed by atoms with E-state index in [1.807, 2.05) is 18.5 Å². The van der Waals surface area contributed by atoms with Crippen LogP contribution in [0.4, 0.5) is 0 Å². The highest BCUT2D eigenvalue weighted by atomic mass is 16.5. The normalized spacial score (nSPS) is 11.3. The SMILES string of the molecule is COCCN(CCO)Cc1nnc(C)n1C. The Morgan fingerprint density at radius 2 is 2.12 bits per heavy atom. The molecule has 0 atom stereocenters. The van der Waals surface area contributed by atoms with Gasteiger partial charge in [0.05, 0.1) is 19.8 Å². The molecule has 6 nitrogen and oxygen atoms in total. The topological polar surface area (TPSA) is 63.4 Å². The average Bonchev–Trinajstić information content (AvgIpc) is 2.58. The van der Waals surface area contributed by atoms with Crippen molar-refractivity contribution in [2.24, 2.45) is 7.05 Å². The molecule has 0 bridgehead atoms. The predicted octanol–water partition coefficient (Wildman–Crippen LogP) is -0.436. The van der Waals surface area contributed by atoms with Crippen LogP contribution in [0.5, 0.6) is 0 Å². The number of aryl methyl sites for hydroxylation is 1. The number of methoxy groups -OCH3 is 1. The number of aromatic nitrogens is 3. The van der Waals surface area contributed by atoms with E-state index in [0.29, 0.717) is 19.7 Å². The molecular weight excluding hydrogens is 208 g/mol. The highest BCUT2D eigenvalue weighted by Crippen LogP contribution is 2.02. The summed E-state index contributed by atoms with van der Waals surface area (Å²) in [4.78, 5) is 2.09. The Labute approximate surface area is 95.8 Å². The van der Waals surface area contributed by atoms with Crippen molar-refractivity contribution in [3.8, 4) is 0 Å². The van der Waals surface area contributed by atoms with Crippen molar-refractivity contribution in [2.45, 2.75) is 13.5 Å². The molecule has 0 saturated carbocycles. The summed E-state index contributed by atoms with van der Waals surface area (Å²) in [6, 6.07) is 0. The first-order valence-corrected chi connectivity index (χ1v) is 5.36. The van der Waals surface area contributed by atoms with Gasteiger partial charge in [-0.2, -0.15) is 0 Å². The lowest BCUT2D eigenvalue weighted by atomic mass is 10.4. The third-order valence-corrected chi connectivity index (χ3v) is 2.58. The minimum atomic E-state index is 0.139. The van der Waals surface area contributed by atoms with Crippen molar-refractivity contribution in [3.63, 3.8) is 0 Å². The molecule has 6 heteroatoms. The maximum Gasteiger partial charge on any atom is 0.146 e. The molecule has 0 fully saturated rings. The van der Waals surface area contributed by atoms with Crippen molar-refractivity contribution in [1.82, 2.24) is 19.7 Å². The van der Waals surface area contributed by atoms with Crippen LogP contribution >= 0.6 is 0 Å². The second-order valence-electron chi connectivity index (χ2n) is 3.72. The van der Waals surface area contributed by atoms with Gasteiger partial charge in [-0.05, 0) is 6.92 Å². The smallest absolute Gasteiger partial charge is 0.146 e. The summed E-state index contributed by atoms with van der Waals surface area (Å²) in [7, 11) is 3.61. The first-order chi connectivity index (χ1) is 7.69. The van der Waals surface area contributed by atoms with Crippen LogP contribution in [0.1, 0.15) is 11.6 Å². The molecule has 0 spiro atoms. The molecule has 1 aromatic rings. The predicted molar refractivity (Wildman–Crippen MR) is 60.0 cm³/mol. The molecule has 1 N–H and O–H groups in total. The fourth-order valence-electron chi connectivity index (χ4n) is 1.42. The third kappa shape index (κ3) is 3.55. The van der Waals surface area contributed by atoms with E-state index in [4.69, 9.17) is 9.84 Å². The summed E-state index contributed by atoms with van der Waals surface area (Å²) in [5.74, 6) is 1.80. The zero-order valence-corrected chi connectivity index (χ0v) is 10.2. The number of hydrogen-bond acceptors (Lipinski definition) is 5. The van der Waals surface area contributed by atoms with E-state index in [0.717, 1.165) is 18.2 Å². The van der Waals surface area contributed by atoms with Crippen molar-refractivity contribution >= 4 is 0 Å². The summed E-state index contributed by atoms with van der Waals surface area (Å²) in [5, 5.41) is 17.1. The second kappa shape index (κ2) is 6.57. The van der Waals surface area contributed by atoms with Gasteiger partial charge in [0.1, 0.15) is 11.6 Å². The van der Waals surface area contributed by atoms with Gasteiger partial charge in [0, 0.05) is 27.2 Å². The van der Waals surface area contributed by atoms with Crippen LogP contribution in [-0.4, -0.2) is 58.2 Å². The summed E-state index contributed by atoms with van der Waals surface area (Å²) in [5.41, 5.74) is 0. The largest absolute Gasteiger partial charge is 0.395 e. The van der Waals surface area contributed by atoms with Gasteiger partial charge in [-0.15, -0.1) is 10.2 Å². The van der Waals surface area contributed by atoms with Crippen LogP contribution in [0.2, 0.25) is 0 Å². The molecule has 1 heterocycles. The first kappa shape index (κ1) is 13.1. The van der Waals surface area contributed by atoms with Crippen LogP contribution in [0.25, 0.3) is 0 Å². The molecule has 92 valence electrons. The van der Waals surface area contributed by atoms with E-state index >= 15 is 0 Å². The first-order valence-electron chi connectivity index (χ1n) is 5.36. The van der Waals surface area contributed by atoms with E-state index in [-0.39, 0.29) is 6.61 Å². The lowest BCUT2D eigenvalue weighted by molar-refractivity contribution is 0.124. The van der Waals surface area contributed by atoms with Crippen LogP contribution in [0.15, 0.2) is 0 Å². The van der Waals surface area contributed by atoms with Gasteiger partial charge in [-0.3, -0.25) is 4.90 Å². The third-order valence-electron chi connectivity index (χ3n) is 2.58. The van der Waals surface area contributed by atoms with Crippen LogP contribution in [-0.2, 0) is 18.3 Å². The zero-order valence-electron chi connectivity index (χ0n) is 10.2. The van der Waals surface area contributed by atoms with E-state index in [1.165, 1.54) is 0 Å².